The van der Waals surface area contributed by atoms with E-state index in [1.165, 1.54) is 12.0 Å². The number of hydrogen-bond acceptors (Lipinski definition) is 4. The Kier molecular flexibility index (Phi) is 5.28. The first-order valence-corrected chi connectivity index (χ1v) is 11.7. The average Bonchev–Trinajstić information content (AvgIpc) is 3.32. The van der Waals surface area contributed by atoms with Crippen LogP contribution in [0.25, 0.3) is 0 Å². The Hall–Kier alpha value is -2.70. The summed E-state index contributed by atoms with van der Waals surface area (Å²) in [6.45, 7) is 4.03. The van der Waals surface area contributed by atoms with E-state index in [1.54, 1.807) is 16.9 Å². The number of β-lactam (4-membered cyclic amide) rings is 1. The van der Waals surface area contributed by atoms with E-state index in [0.717, 1.165) is 38.5 Å². The van der Waals surface area contributed by atoms with Crippen LogP contribution in [0.3, 0.4) is 0 Å². The highest BCUT2D eigenvalue weighted by Crippen LogP contribution is 2.59. The number of likely N-dealkylation sites (tertiary alicyclic amines) is 2. The van der Waals surface area contributed by atoms with Crippen LogP contribution in [0.2, 0.25) is 0 Å². The minimum atomic E-state index is -0.222. The number of carbonyl (C=O) groups excluding carboxylic acids is 2. The molecule has 7 heteroatoms. The van der Waals surface area contributed by atoms with Crippen molar-refractivity contribution in [2.45, 2.75) is 70.5 Å². The van der Waals surface area contributed by atoms with Crippen molar-refractivity contribution < 1.29 is 9.59 Å². The first-order valence-electron chi connectivity index (χ1n) is 11.7. The lowest BCUT2D eigenvalue weighted by atomic mass is 9.59. The molecular formula is C24H31N5O2. The van der Waals surface area contributed by atoms with Crippen LogP contribution >= 0.6 is 0 Å². The molecule has 1 unspecified atom stereocenters. The normalized spacial score (nSPS) is 23.8. The van der Waals surface area contributed by atoms with Crippen molar-refractivity contribution in [3.8, 4) is 0 Å². The fourth-order valence-electron chi connectivity index (χ4n) is 6.04. The van der Waals surface area contributed by atoms with E-state index in [9.17, 15) is 9.59 Å². The third-order valence-electron chi connectivity index (χ3n) is 7.61. The van der Waals surface area contributed by atoms with E-state index in [1.807, 2.05) is 24.2 Å². The molecule has 2 aliphatic heterocycles. The van der Waals surface area contributed by atoms with E-state index < -0.39 is 0 Å². The average molecular weight is 422 g/mol. The summed E-state index contributed by atoms with van der Waals surface area (Å²) in [6, 6.07) is 6.29. The third kappa shape index (κ3) is 3.25. The quantitative estimate of drug-likeness (QED) is 0.709. The van der Waals surface area contributed by atoms with Crippen molar-refractivity contribution >= 4 is 11.8 Å². The zero-order chi connectivity index (χ0) is 21.4. The van der Waals surface area contributed by atoms with Crippen LogP contribution in [0, 0.1) is 5.41 Å². The summed E-state index contributed by atoms with van der Waals surface area (Å²) >= 11 is 0. The number of hydrogen-bond donors (Lipinski definition) is 0. The lowest BCUT2D eigenvalue weighted by molar-refractivity contribution is -0.186. The van der Waals surface area contributed by atoms with Crippen LogP contribution < -0.4 is 0 Å². The number of nitrogens with zero attached hydrogens (tertiary/aromatic N) is 5. The largest absolute Gasteiger partial charge is 0.337 e. The van der Waals surface area contributed by atoms with E-state index >= 15 is 0 Å². The predicted molar refractivity (Wildman–Crippen MR) is 116 cm³/mol. The predicted octanol–water partition coefficient (Wildman–Crippen LogP) is 3.44. The highest BCUT2D eigenvalue weighted by atomic mass is 16.2. The number of carbonyl (C=O) groups is 2. The highest BCUT2D eigenvalue weighted by Gasteiger charge is 2.62. The molecule has 0 bridgehead atoms. The molecule has 164 valence electrons. The van der Waals surface area contributed by atoms with Gasteiger partial charge in [0.2, 0.25) is 5.91 Å². The Bertz CT molecular complexity index is 942. The Balaban J connectivity index is 1.32. The van der Waals surface area contributed by atoms with Gasteiger partial charge in [0.05, 0.1) is 11.5 Å². The number of aryl methyl sites for hydroxylation is 1. The molecule has 31 heavy (non-hydrogen) atoms. The Morgan fingerprint density at radius 1 is 1.06 bits per heavy atom. The number of aromatic nitrogens is 3. The standard InChI is InChI=1S/C24H31N5O2/c1-2-28-20(8-15-26-28)22(30)27-16-9-19(10-17-27)29-21(18-6-13-25-14-7-18)24(23(29)31)11-4-3-5-12-24/h6-8,13-15,19,21H,2-5,9-12,16-17H2,1H3. The summed E-state index contributed by atoms with van der Waals surface area (Å²) in [7, 11) is 0. The van der Waals surface area contributed by atoms with Crippen molar-refractivity contribution in [3.63, 3.8) is 0 Å². The molecule has 0 radical (unpaired) electrons. The smallest absolute Gasteiger partial charge is 0.272 e. The summed E-state index contributed by atoms with van der Waals surface area (Å²) in [4.78, 5) is 34.8. The molecule has 1 spiro atoms. The summed E-state index contributed by atoms with van der Waals surface area (Å²) in [6.07, 6.45) is 12.5. The minimum absolute atomic E-state index is 0.0437. The molecule has 0 aromatic carbocycles. The van der Waals surface area contributed by atoms with E-state index in [4.69, 9.17) is 0 Å². The molecule has 5 rings (SSSR count). The molecule has 1 atom stereocenters. The van der Waals surface area contributed by atoms with Gasteiger partial charge in [0, 0.05) is 44.3 Å². The SMILES string of the molecule is CCn1nccc1C(=O)N1CCC(N2C(=O)C3(CCCCC3)C2c2ccncc2)CC1. The monoisotopic (exact) mass is 421 g/mol. The van der Waals surface area contributed by atoms with Crippen molar-refractivity contribution in [2.75, 3.05) is 13.1 Å². The Morgan fingerprint density at radius 2 is 1.77 bits per heavy atom. The first kappa shape index (κ1) is 20.2. The van der Waals surface area contributed by atoms with Crippen LogP contribution in [-0.4, -0.2) is 55.5 Å². The van der Waals surface area contributed by atoms with Crippen LogP contribution in [0.5, 0.6) is 0 Å². The van der Waals surface area contributed by atoms with Gasteiger partial charge in [-0.05, 0) is 56.4 Å². The Labute approximate surface area is 183 Å². The van der Waals surface area contributed by atoms with E-state index in [2.05, 4.69) is 27.1 Å². The molecule has 2 saturated heterocycles. The second-order valence-electron chi connectivity index (χ2n) is 9.17. The molecule has 1 saturated carbocycles. The van der Waals surface area contributed by atoms with Crippen LogP contribution in [0.1, 0.15) is 74.0 Å². The maximum Gasteiger partial charge on any atom is 0.272 e. The number of pyridine rings is 1. The molecule has 2 aromatic heterocycles. The number of amides is 2. The second kappa shape index (κ2) is 8.09. The van der Waals surface area contributed by atoms with Gasteiger partial charge >= 0.3 is 0 Å². The van der Waals surface area contributed by atoms with E-state index in [0.29, 0.717) is 31.2 Å². The summed E-state index contributed by atoms with van der Waals surface area (Å²) in [5.74, 6) is 0.380. The van der Waals surface area contributed by atoms with Gasteiger partial charge in [-0.25, -0.2) is 0 Å². The third-order valence-corrected chi connectivity index (χ3v) is 7.61. The first-order chi connectivity index (χ1) is 15.2. The number of rotatable bonds is 4. The topological polar surface area (TPSA) is 71.3 Å². The number of piperidine rings is 1. The fourth-order valence-corrected chi connectivity index (χ4v) is 6.04. The second-order valence-corrected chi connectivity index (χ2v) is 9.17. The van der Waals surface area contributed by atoms with E-state index in [-0.39, 0.29) is 23.4 Å². The molecule has 4 heterocycles. The summed E-state index contributed by atoms with van der Waals surface area (Å²) < 4.78 is 1.75. The molecule has 2 amide bonds. The Morgan fingerprint density at radius 3 is 2.45 bits per heavy atom. The fraction of sp³-hybridized carbons (Fsp3) is 0.583. The lowest BCUT2D eigenvalue weighted by Gasteiger charge is -2.61. The molecule has 2 aromatic rings. The highest BCUT2D eigenvalue weighted by molar-refractivity contribution is 5.93. The van der Waals surface area contributed by atoms with Crippen molar-refractivity contribution in [1.29, 1.82) is 0 Å². The maximum atomic E-state index is 13.5. The van der Waals surface area contributed by atoms with Gasteiger partial charge < -0.3 is 9.80 Å². The summed E-state index contributed by atoms with van der Waals surface area (Å²) in [5.41, 5.74) is 1.64. The van der Waals surface area contributed by atoms with Crippen molar-refractivity contribution in [2.24, 2.45) is 5.41 Å². The molecule has 3 fully saturated rings. The zero-order valence-electron chi connectivity index (χ0n) is 18.2. The minimum Gasteiger partial charge on any atom is -0.337 e. The van der Waals surface area contributed by atoms with Crippen LogP contribution in [0.15, 0.2) is 36.8 Å². The van der Waals surface area contributed by atoms with Gasteiger partial charge in [-0.15, -0.1) is 0 Å². The van der Waals surface area contributed by atoms with Gasteiger partial charge in [0.15, 0.2) is 0 Å². The van der Waals surface area contributed by atoms with Gasteiger partial charge in [-0.1, -0.05) is 19.3 Å². The van der Waals surface area contributed by atoms with Gasteiger partial charge in [0.1, 0.15) is 5.69 Å². The van der Waals surface area contributed by atoms with Crippen molar-refractivity contribution in [1.82, 2.24) is 24.6 Å². The van der Waals surface area contributed by atoms with Gasteiger partial charge in [-0.2, -0.15) is 5.10 Å². The molecule has 3 aliphatic rings. The lowest BCUT2D eigenvalue weighted by Crippen LogP contribution is -2.67. The molecule has 1 aliphatic carbocycles. The molecular weight excluding hydrogens is 390 g/mol. The van der Waals surface area contributed by atoms with Crippen LogP contribution in [0.4, 0.5) is 0 Å². The summed E-state index contributed by atoms with van der Waals surface area (Å²) in [5, 5.41) is 4.23. The van der Waals surface area contributed by atoms with Crippen molar-refractivity contribution in [3.05, 3.63) is 48.0 Å². The zero-order valence-corrected chi connectivity index (χ0v) is 18.2. The molecule has 7 nitrogen and oxygen atoms in total. The van der Waals surface area contributed by atoms with Crippen LogP contribution in [-0.2, 0) is 11.3 Å². The van der Waals surface area contributed by atoms with Gasteiger partial charge in [-0.3, -0.25) is 19.3 Å². The molecule has 0 N–H and O–H groups in total. The van der Waals surface area contributed by atoms with Gasteiger partial charge in [0.25, 0.3) is 5.91 Å². The maximum absolute atomic E-state index is 13.5.